The zero-order valence-electron chi connectivity index (χ0n) is 7.80. The molecule has 0 amide bonds. The van der Waals surface area contributed by atoms with E-state index >= 15 is 0 Å². The van der Waals surface area contributed by atoms with Crippen LogP contribution in [-0.2, 0) is 15.8 Å². The molecule has 1 rings (SSSR count). The number of nitrogens with two attached hydrogens (primary N) is 1. The van der Waals surface area contributed by atoms with Crippen molar-refractivity contribution in [2.24, 2.45) is 5.90 Å². The normalized spacial score (nSPS) is 11.9. The summed E-state index contributed by atoms with van der Waals surface area (Å²) in [6.07, 6.45) is 0. The van der Waals surface area contributed by atoms with Gasteiger partial charge in [0.1, 0.15) is 4.90 Å². The van der Waals surface area contributed by atoms with E-state index in [9.17, 15) is 9.00 Å². The highest BCUT2D eigenvalue weighted by atomic mass is 32.2. The molecule has 0 aliphatic rings. The van der Waals surface area contributed by atoms with Crippen LogP contribution in [0.25, 0.3) is 0 Å². The first-order chi connectivity index (χ1) is 7.10. The average Bonchev–Trinajstić information content (AvgIpc) is 2.27. The van der Waals surface area contributed by atoms with Gasteiger partial charge < -0.3 is 14.1 Å². The molecular weight excluding hydrogens is 222 g/mol. The number of methoxy groups -OCH3 is 1. The SMILES string of the molecule is COC(=O)c1ccc(ON)c(S(=O)O)c1. The van der Waals surface area contributed by atoms with Crippen molar-refractivity contribution < 1.29 is 23.1 Å². The summed E-state index contributed by atoms with van der Waals surface area (Å²) in [6.45, 7) is 0. The van der Waals surface area contributed by atoms with E-state index in [1.807, 2.05) is 0 Å². The second-order valence-corrected chi connectivity index (χ2v) is 3.46. The van der Waals surface area contributed by atoms with E-state index in [4.69, 9.17) is 10.4 Å². The fourth-order valence-corrected chi connectivity index (χ4v) is 1.50. The molecule has 1 aromatic rings. The molecule has 15 heavy (non-hydrogen) atoms. The van der Waals surface area contributed by atoms with Crippen LogP contribution in [0.2, 0.25) is 0 Å². The van der Waals surface area contributed by atoms with Crippen molar-refractivity contribution >= 4 is 17.0 Å². The molecule has 0 spiro atoms. The highest BCUT2D eigenvalue weighted by Gasteiger charge is 2.14. The van der Waals surface area contributed by atoms with E-state index in [2.05, 4.69) is 9.57 Å². The molecule has 82 valence electrons. The first-order valence-corrected chi connectivity index (χ1v) is 4.90. The minimum atomic E-state index is -2.28. The number of hydrogen-bond acceptors (Lipinski definition) is 5. The fourth-order valence-electron chi connectivity index (χ4n) is 0.987. The quantitative estimate of drug-likeness (QED) is 0.441. The fraction of sp³-hybridized carbons (Fsp3) is 0.125. The maximum absolute atomic E-state index is 11.1. The summed E-state index contributed by atoms with van der Waals surface area (Å²) in [4.78, 5) is 15.4. The number of hydrogen-bond donors (Lipinski definition) is 2. The van der Waals surface area contributed by atoms with Crippen LogP contribution in [0.5, 0.6) is 5.75 Å². The Balaban J connectivity index is 3.22. The van der Waals surface area contributed by atoms with Crippen molar-refractivity contribution in [2.45, 2.75) is 4.90 Å². The van der Waals surface area contributed by atoms with E-state index in [0.717, 1.165) is 0 Å². The van der Waals surface area contributed by atoms with Crippen molar-refractivity contribution in [1.82, 2.24) is 0 Å². The van der Waals surface area contributed by atoms with Gasteiger partial charge in [0, 0.05) is 0 Å². The minimum Gasteiger partial charge on any atom is -0.465 e. The molecule has 7 heteroatoms. The lowest BCUT2D eigenvalue weighted by atomic mass is 10.2. The summed E-state index contributed by atoms with van der Waals surface area (Å²) in [6, 6.07) is 3.88. The van der Waals surface area contributed by atoms with Gasteiger partial charge in [-0.3, -0.25) is 0 Å². The topological polar surface area (TPSA) is 98.9 Å². The standard InChI is InChI=1S/C8H9NO5S/c1-13-8(10)5-2-3-6(14-9)7(4-5)15(11)12/h2-4H,9H2,1H3,(H,11,12). The molecule has 0 saturated heterocycles. The van der Waals surface area contributed by atoms with E-state index in [1.54, 1.807) is 0 Å². The van der Waals surface area contributed by atoms with Gasteiger partial charge in [0.15, 0.2) is 16.8 Å². The van der Waals surface area contributed by atoms with Crippen LogP contribution >= 0.6 is 0 Å². The minimum absolute atomic E-state index is 0.0310. The molecule has 0 aliphatic heterocycles. The Morgan fingerprint density at radius 2 is 2.20 bits per heavy atom. The highest BCUT2D eigenvalue weighted by Crippen LogP contribution is 2.22. The molecule has 0 bridgehead atoms. The largest absolute Gasteiger partial charge is 0.465 e. The van der Waals surface area contributed by atoms with Crippen LogP contribution < -0.4 is 10.7 Å². The molecule has 0 saturated carbocycles. The monoisotopic (exact) mass is 231 g/mol. The van der Waals surface area contributed by atoms with Gasteiger partial charge in [-0.15, -0.1) is 0 Å². The predicted molar refractivity (Wildman–Crippen MR) is 51.6 cm³/mol. The third kappa shape index (κ3) is 2.52. The summed E-state index contributed by atoms with van der Waals surface area (Å²) >= 11 is -2.28. The zero-order chi connectivity index (χ0) is 11.4. The van der Waals surface area contributed by atoms with E-state index in [0.29, 0.717) is 0 Å². The van der Waals surface area contributed by atoms with Gasteiger partial charge in [0.25, 0.3) is 0 Å². The van der Waals surface area contributed by atoms with E-state index in [1.165, 1.54) is 25.3 Å². The lowest BCUT2D eigenvalue weighted by molar-refractivity contribution is 0.0600. The zero-order valence-corrected chi connectivity index (χ0v) is 8.61. The maximum Gasteiger partial charge on any atom is 0.337 e. The number of rotatable bonds is 3. The van der Waals surface area contributed by atoms with Crippen molar-refractivity contribution in [1.29, 1.82) is 0 Å². The molecule has 0 aromatic heterocycles. The van der Waals surface area contributed by atoms with Gasteiger partial charge in [0.05, 0.1) is 12.7 Å². The van der Waals surface area contributed by atoms with Gasteiger partial charge in [-0.2, -0.15) is 5.90 Å². The van der Waals surface area contributed by atoms with Crippen molar-refractivity contribution in [3.05, 3.63) is 23.8 Å². The smallest absolute Gasteiger partial charge is 0.337 e. The summed E-state index contributed by atoms with van der Waals surface area (Å²) in [5.74, 6) is 4.31. The molecule has 0 aliphatic carbocycles. The lowest BCUT2D eigenvalue weighted by Crippen LogP contribution is -2.08. The first kappa shape index (κ1) is 11.6. The number of carbonyl (C=O) groups excluding carboxylic acids is 1. The van der Waals surface area contributed by atoms with Crippen LogP contribution in [0.1, 0.15) is 10.4 Å². The predicted octanol–water partition coefficient (Wildman–Crippen LogP) is 0.306. The summed E-state index contributed by atoms with van der Waals surface area (Å²) in [7, 11) is 1.21. The second-order valence-electron chi connectivity index (χ2n) is 2.52. The van der Waals surface area contributed by atoms with Gasteiger partial charge >= 0.3 is 5.97 Å². The van der Waals surface area contributed by atoms with Gasteiger partial charge in [0.2, 0.25) is 0 Å². The molecule has 0 heterocycles. The van der Waals surface area contributed by atoms with E-state index < -0.39 is 17.0 Å². The maximum atomic E-state index is 11.1. The Morgan fingerprint density at radius 3 is 2.67 bits per heavy atom. The van der Waals surface area contributed by atoms with Crippen LogP contribution in [0.4, 0.5) is 0 Å². The average molecular weight is 231 g/mol. The third-order valence-electron chi connectivity index (χ3n) is 1.68. The number of benzene rings is 1. The van der Waals surface area contributed by atoms with Crippen molar-refractivity contribution in [3.63, 3.8) is 0 Å². The van der Waals surface area contributed by atoms with Crippen molar-refractivity contribution in [2.75, 3.05) is 7.11 Å². The van der Waals surface area contributed by atoms with Crippen LogP contribution in [0.3, 0.4) is 0 Å². The van der Waals surface area contributed by atoms with Gasteiger partial charge in [-0.25, -0.2) is 9.00 Å². The Kier molecular flexibility index (Phi) is 3.78. The van der Waals surface area contributed by atoms with E-state index in [-0.39, 0.29) is 16.2 Å². The van der Waals surface area contributed by atoms with Gasteiger partial charge in [-0.1, -0.05) is 0 Å². The number of esters is 1. The number of ether oxygens (including phenoxy) is 1. The molecule has 6 nitrogen and oxygen atoms in total. The highest BCUT2D eigenvalue weighted by molar-refractivity contribution is 7.79. The Bertz CT molecular complexity index is 406. The van der Waals surface area contributed by atoms with Crippen LogP contribution in [0.15, 0.2) is 23.1 Å². The Labute approximate surface area is 88.2 Å². The summed E-state index contributed by atoms with van der Waals surface area (Å²) in [5, 5.41) is 0. The molecule has 0 radical (unpaired) electrons. The van der Waals surface area contributed by atoms with Crippen LogP contribution in [-0.4, -0.2) is 21.8 Å². The molecule has 3 N–H and O–H groups in total. The first-order valence-electron chi connectivity index (χ1n) is 3.80. The Hall–Kier alpha value is -1.44. The van der Waals surface area contributed by atoms with Crippen LogP contribution in [0, 0.1) is 0 Å². The molecule has 0 fully saturated rings. The molecule has 1 aromatic carbocycles. The molecular formula is C8H9NO5S. The van der Waals surface area contributed by atoms with Crippen molar-refractivity contribution in [3.8, 4) is 5.75 Å². The molecule has 1 atom stereocenters. The molecule has 1 unspecified atom stereocenters. The summed E-state index contributed by atoms with van der Waals surface area (Å²) in [5.41, 5.74) is 0.149. The Morgan fingerprint density at radius 1 is 1.53 bits per heavy atom. The third-order valence-corrected chi connectivity index (χ3v) is 2.38. The summed E-state index contributed by atoms with van der Waals surface area (Å²) < 4.78 is 24.2. The second kappa shape index (κ2) is 4.87. The van der Waals surface area contributed by atoms with Gasteiger partial charge in [-0.05, 0) is 18.2 Å². The lowest BCUT2D eigenvalue weighted by Gasteiger charge is -2.05. The number of carbonyl (C=O) groups is 1.